The summed E-state index contributed by atoms with van der Waals surface area (Å²) in [6, 6.07) is 7.67. The number of benzene rings is 1. The predicted octanol–water partition coefficient (Wildman–Crippen LogP) is 1.64. The average molecular weight is 287 g/mol. The van der Waals surface area contributed by atoms with Crippen molar-refractivity contribution < 1.29 is 19.4 Å². The van der Waals surface area contributed by atoms with Crippen molar-refractivity contribution in [3.05, 3.63) is 47.2 Å². The minimum absolute atomic E-state index is 0.155. The normalized spacial score (nSPS) is 10.0. The van der Waals surface area contributed by atoms with E-state index in [9.17, 15) is 9.59 Å². The molecule has 0 saturated heterocycles. The molecule has 0 bridgehead atoms. The van der Waals surface area contributed by atoms with Gasteiger partial charge in [-0.15, -0.1) is 10.2 Å². The van der Waals surface area contributed by atoms with Crippen molar-refractivity contribution >= 4 is 11.9 Å². The van der Waals surface area contributed by atoms with Crippen molar-refractivity contribution in [2.24, 2.45) is 0 Å². The summed E-state index contributed by atoms with van der Waals surface area (Å²) in [7, 11) is 1.50. The molecule has 0 spiro atoms. The second kappa shape index (κ2) is 6.00. The van der Waals surface area contributed by atoms with E-state index in [0.717, 1.165) is 0 Å². The molecule has 2 rings (SSSR count). The van der Waals surface area contributed by atoms with Crippen LogP contribution in [0.25, 0.3) is 0 Å². The Morgan fingerprint density at radius 1 is 1.19 bits per heavy atom. The van der Waals surface area contributed by atoms with Gasteiger partial charge in [-0.2, -0.15) is 0 Å². The highest BCUT2D eigenvalue weighted by Crippen LogP contribution is 2.25. The Morgan fingerprint density at radius 2 is 1.95 bits per heavy atom. The number of aromatic carboxylic acids is 1. The zero-order valence-electron chi connectivity index (χ0n) is 11.5. The Labute approximate surface area is 120 Å². The van der Waals surface area contributed by atoms with Gasteiger partial charge in [0, 0.05) is 18.7 Å². The number of carboxylic acid groups (broad SMARTS) is 1. The topological polar surface area (TPSA) is 101 Å². The molecule has 1 aromatic carbocycles. The van der Waals surface area contributed by atoms with Crippen molar-refractivity contribution in [2.45, 2.75) is 6.92 Å². The lowest BCUT2D eigenvalue weighted by molar-refractivity contribution is 0.0695. The van der Waals surface area contributed by atoms with Gasteiger partial charge in [-0.25, -0.2) is 4.79 Å². The van der Waals surface area contributed by atoms with E-state index in [0.29, 0.717) is 11.3 Å². The van der Waals surface area contributed by atoms with Crippen LogP contribution in [0.4, 0.5) is 0 Å². The van der Waals surface area contributed by atoms with Crippen molar-refractivity contribution in [2.75, 3.05) is 7.05 Å². The number of nitrogens with zero attached hydrogens (tertiary/aromatic N) is 2. The second-order valence-electron chi connectivity index (χ2n) is 4.17. The van der Waals surface area contributed by atoms with E-state index in [4.69, 9.17) is 9.84 Å². The molecule has 0 aliphatic carbocycles. The van der Waals surface area contributed by atoms with Gasteiger partial charge in [-0.3, -0.25) is 4.79 Å². The van der Waals surface area contributed by atoms with Crippen molar-refractivity contribution in [1.29, 1.82) is 0 Å². The number of rotatable bonds is 4. The van der Waals surface area contributed by atoms with Gasteiger partial charge in [0.25, 0.3) is 5.91 Å². The molecule has 0 saturated carbocycles. The molecule has 0 aliphatic rings. The molecule has 0 radical (unpaired) electrons. The van der Waals surface area contributed by atoms with E-state index in [2.05, 4.69) is 15.5 Å². The van der Waals surface area contributed by atoms with Gasteiger partial charge >= 0.3 is 5.97 Å². The first-order valence-corrected chi connectivity index (χ1v) is 6.09. The maximum atomic E-state index is 11.3. The molecule has 1 heterocycles. The van der Waals surface area contributed by atoms with Crippen LogP contribution in [0.5, 0.6) is 11.6 Å². The standard InChI is InChI=1S/C14H13N3O4/c1-8-9(14(19)20)4-3-5-11(8)21-12-7-6-10(16-17-12)13(18)15-2/h3-7H,1-2H3,(H,15,18)(H,19,20). The lowest BCUT2D eigenvalue weighted by atomic mass is 10.1. The van der Waals surface area contributed by atoms with Gasteiger partial charge in [0.15, 0.2) is 5.69 Å². The van der Waals surface area contributed by atoms with Crippen LogP contribution in [0.3, 0.4) is 0 Å². The zero-order valence-corrected chi connectivity index (χ0v) is 11.5. The fourth-order valence-electron chi connectivity index (χ4n) is 1.69. The number of aromatic nitrogens is 2. The van der Waals surface area contributed by atoms with Crippen LogP contribution in [0.15, 0.2) is 30.3 Å². The quantitative estimate of drug-likeness (QED) is 0.886. The van der Waals surface area contributed by atoms with Crippen molar-refractivity contribution in [3.8, 4) is 11.6 Å². The molecule has 1 aromatic heterocycles. The summed E-state index contributed by atoms with van der Waals surface area (Å²) in [5.74, 6) is -0.831. The highest BCUT2D eigenvalue weighted by atomic mass is 16.5. The van der Waals surface area contributed by atoms with Crippen LogP contribution in [-0.2, 0) is 0 Å². The third-order valence-electron chi connectivity index (χ3n) is 2.83. The van der Waals surface area contributed by atoms with Gasteiger partial charge in [-0.1, -0.05) is 6.07 Å². The van der Waals surface area contributed by atoms with E-state index in [1.165, 1.54) is 25.2 Å². The van der Waals surface area contributed by atoms with Crippen LogP contribution in [0.2, 0.25) is 0 Å². The summed E-state index contributed by atoms with van der Waals surface area (Å²) < 4.78 is 5.50. The minimum Gasteiger partial charge on any atom is -0.478 e. The SMILES string of the molecule is CNC(=O)c1ccc(Oc2cccc(C(=O)O)c2C)nn1. The molecule has 7 nitrogen and oxygen atoms in total. The number of carboxylic acids is 1. The van der Waals surface area contributed by atoms with Gasteiger partial charge in [-0.05, 0) is 25.1 Å². The molecule has 0 fully saturated rings. The first-order valence-electron chi connectivity index (χ1n) is 6.09. The first kappa shape index (κ1) is 14.4. The largest absolute Gasteiger partial charge is 0.478 e. The van der Waals surface area contributed by atoms with Gasteiger partial charge in [0.2, 0.25) is 5.88 Å². The molecule has 0 unspecified atom stereocenters. The highest BCUT2D eigenvalue weighted by Gasteiger charge is 2.12. The molecule has 2 aromatic rings. The summed E-state index contributed by atoms with van der Waals surface area (Å²) in [5, 5.41) is 19.0. The maximum absolute atomic E-state index is 11.3. The number of hydrogen-bond acceptors (Lipinski definition) is 5. The maximum Gasteiger partial charge on any atom is 0.336 e. The third kappa shape index (κ3) is 3.14. The summed E-state index contributed by atoms with van der Waals surface area (Å²) in [6.45, 7) is 1.64. The van der Waals surface area contributed by atoms with Crippen molar-refractivity contribution in [1.82, 2.24) is 15.5 Å². The number of amides is 1. The monoisotopic (exact) mass is 287 g/mol. The first-order chi connectivity index (χ1) is 10.0. The van der Waals surface area contributed by atoms with E-state index in [-0.39, 0.29) is 23.0 Å². The summed E-state index contributed by atoms with van der Waals surface area (Å²) in [6.07, 6.45) is 0. The average Bonchev–Trinajstić information content (AvgIpc) is 2.49. The molecule has 0 aliphatic heterocycles. The third-order valence-corrected chi connectivity index (χ3v) is 2.83. The Morgan fingerprint density at radius 3 is 2.52 bits per heavy atom. The van der Waals surface area contributed by atoms with E-state index in [1.807, 2.05) is 0 Å². The summed E-state index contributed by atoms with van der Waals surface area (Å²) in [4.78, 5) is 22.4. The van der Waals surface area contributed by atoms with Crippen LogP contribution < -0.4 is 10.1 Å². The number of nitrogens with one attached hydrogen (secondary N) is 1. The second-order valence-corrected chi connectivity index (χ2v) is 4.17. The number of carbonyl (C=O) groups excluding carboxylic acids is 1. The molecule has 108 valence electrons. The minimum atomic E-state index is -1.03. The van der Waals surface area contributed by atoms with Gasteiger partial charge in [0.1, 0.15) is 5.75 Å². The van der Waals surface area contributed by atoms with E-state index >= 15 is 0 Å². The molecular weight excluding hydrogens is 274 g/mol. The van der Waals surface area contributed by atoms with Crippen LogP contribution in [0.1, 0.15) is 26.4 Å². The predicted molar refractivity (Wildman–Crippen MR) is 73.6 cm³/mol. The van der Waals surface area contributed by atoms with Gasteiger partial charge in [0.05, 0.1) is 5.56 Å². The zero-order chi connectivity index (χ0) is 15.4. The van der Waals surface area contributed by atoms with Crippen molar-refractivity contribution in [3.63, 3.8) is 0 Å². The van der Waals surface area contributed by atoms with E-state index in [1.54, 1.807) is 19.1 Å². The van der Waals surface area contributed by atoms with Crippen LogP contribution in [-0.4, -0.2) is 34.2 Å². The summed E-state index contributed by atoms with van der Waals surface area (Å²) in [5.41, 5.74) is 0.811. The highest BCUT2D eigenvalue weighted by molar-refractivity contribution is 5.91. The molecule has 0 atom stereocenters. The fraction of sp³-hybridized carbons (Fsp3) is 0.143. The molecule has 1 amide bonds. The lowest BCUT2D eigenvalue weighted by Crippen LogP contribution is -2.19. The Kier molecular flexibility index (Phi) is 4.13. The lowest BCUT2D eigenvalue weighted by Gasteiger charge is -2.09. The fourth-order valence-corrected chi connectivity index (χ4v) is 1.69. The number of carbonyl (C=O) groups is 2. The summed E-state index contributed by atoms with van der Waals surface area (Å²) >= 11 is 0. The molecule has 7 heteroatoms. The van der Waals surface area contributed by atoms with Crippen LogP contribution >= 0.6 is 0 Å². The van der Waals surface area contributed by atoms with Gasteiger partial charge < -0.3 is 15.2 Å². The molecular formula is C14H13N3O4. The number of ether oxygens (including phenoxy) is 1. The number of hydrogen-bond donors (Lipinski definition) is 2. The Hall–Kier alpha value is -2.96. The Bertz CT molecular complexity index is 683. The van der Waals surface area contributed by atoms with E-state index < -0.39 is 5.97 Å². The molecule has 2 N–H and O–H groups in total. The Balaban J connectivity index is 2.24. The smallest absolute Gasteiger partial charge is 0.336 e. The molecule has 21 heavy (non-hydrogen) atoms. The van der Waals surface area contributed by atoms with Crippen LogP contribution in [0, 0.1) is 6.92 Å².